The maximum Gasteiger partial charge on any atom is 0.272 e. The van der Waals surface area contributed by atoms with Crippen LogP contribution in [0.4, 0.5) is 0 Å². The molecule has 1 N–H and O–H groups in total. The molecule has 2 heterocycles. The van der Waals surface area contributed by atoms with Gasteiger partial charge in [-0.15, -0.1) is 10.2 Å². The zero-order valence-corrected chi connectivity index (χ0v) is 9.41. The molecular weight excluding hydrogens is 230 g/mol. The minimum Gasteiger partial charge on any atom is -0.381 e. The van der Waals surface area contributed by atoms with E-state index in [0.717, 1.165) is 12.8 Å². The van der Waals surface area contributed by atoms with E-state index in [1.54, 1.807) is 12.1 Å². The highest BCUT2D eigenvalue weighted by atomic mass is 35.5. The van der Waals surface area contributed by atoms with Crippen molar-refractivity contribution in [3.05, 3.63) is 23.0 Å². The van der Waals surface area contributed by atoms with E-state index in [9.17, 15) is 4.79 Å². The second kappa shape index (κ2) is 5.23. The van der Waals surface area contributed by atoms with Crippen LogP contribution in [0.25, 0.3) is 0 Å². The Morgan fingerprint density at radius 1 is 1.38 bits per heavy atom. The molecule has 1 aromatic rings. The van der Waals surface area contributed by atoms with Gasteiger partial charge in [-0.3, -0.25) is 4.79 Å². The standard InChI is InChI=1S/C10H12ClN3O2/c11-9-2-1-8(13-14-9)10(15)12-7-3-5-16-6-4-7/h1-2,7H,3-6H2,(H,12,15). The number of ether oxygens (including phenoxy) is 1. The van der Waals surface area contributed by atoms with Gasteiger partial charge in [-0.1, -0.05) is 11.6 Å². The lowest BCUT2D eigenvalue weighted by Crippen LogP contribution is -2.39. The molecule has 0 aliphatic carbocycles. The SMILES string of the molecule is O=C(NC1CCOCC1)c1ccc(Cl)nn1. The van der Waals surface area contributed by atoms with Crippen molar-refractivity contribution in [3.8, 4) is 0 Å². The number of rotatable bonds is 2. The van der Waals surface area contributed by atoms with E-state index in [4.69, 9.17) is 16.3 Å². The van der Waals surface area contributed by atoms with Gasteiger partial charge in [0, 0.05) is 19.3 Å². The molecule has 86 valence electrons. The Morgan fingerprint density at radius 2 is 2.12 bits per heavy atom. The summed E-state index contributed by atoms with van der Waals surface area (Å²) in [5.41, 5.74) is 0.288. The first kappa shape index (κ1) is 11.3. The number of carbonyl (C=O) groups excluding carboxylic acids is 1. The smallest absolute Gasteiger partial charge is 0.272 e. The van der Waals surface area contributed by atoms with Crippen LogP contribution in [0.2, 0.25) is 5.15 Å². The fourth-order valence-corrected chi connectivity index (χ4v) is 1.64. The van der Waals surface area contributed by atoms with Gasteiger partial charge in [0.2, 0.25) is 0 Å². The molecule has 16 heavy (non-hydrogen) atoms. The van der Waals surface area contributed by atoms with Gasteiger partial charge in [-0.05, 0) is 25.0 Å². The molecule has 0 atom stereocenters. The first-order valence-corrected chi connectivity index (χ1v) is 5.51. The summed E-state index contributed by atoms with van der Waals surface area (Å²) < 4.78 is 5.21. The Hall–Kier alpha value is -1.20. The summed E-state index contributed by atoms with van der Waals surface area (Å²) in [6, 6.07) is 3.27. The average molecular weight is 242 g/mol. The monoisotopic (exact) mass is 241 g/mol. The predicted octanol–water partition coefficient (Wildman–Crippen LogP) is 1.04. The topological polar surface area (TPSA) is 64.1 Å². The van der Waals surface area contributed by atoms with Gasteiger partial charge in [0.1, 0.15) is 0 Å². The largest absolute Gasteiger partial charge is 0.381 e. The number of nitrogens with one attached hydrogen (secondary N) is 1. The predicted molar refractivity (Wildman–Crippen MR) is 58.3 cm³/mol. The molecule has 6 heteroatoms. The van der Waals surface area contributed by atoms with Crippen LogP contribution < -0.4 is 5.32 Å². The Bertz CT molecular complexity index is 363. The van der Waals surface area contributed by atoms with E-state index in [2.05, 4.69) is 15.5 Å². The lowest BCUT2D eigenvalue weighted by Gasteiger charge is -2.22. The highest BCUT2D eigenvalue weighted by Gasteiger charge is 2.17. The first-order chi connectivity index (χ1) is 7.75. The minimum absolute atomic E-state index is 0.165. The fraction of sp³-hybridized carbons (Fsp3) is 0.500. The molecule has 1 aliphatic rings. The zero-order valence-electron chi connectivity index (χ0n) is 8.65. The van der Waals surface area contributed by atoms with Gasteiger partial charge < -0.3 is 10.1 Å². The van der Waals surface area contributed by atoms with Crippen LogP contribution in [0.1, 0.15) is 23.3 Å². The van der Waals surface area contributed by atoms with Gasteiger partial charge >= 0.3 is 0 Å². The quantitative estimate of drug-likeness (QED) is 0.840. The fourth-order valence-electron chi connectivity index (χ4n) is 1.54. The van der Waals surface area contributed by atoms with E-state index in [1.165, 1.54) is 0 Å². The Balaban J connectivity index is 1.94. The van der Waals surface area contributed by atoms with Crippen LogP contribution >= 0.6 is 11.6 Å². The van der Waals surface area contributed by atoms with Crippen LogP contribution in [0.5, 0.6) is 0 Å². The van der Waals surface area contributed by atoms with Crippen LogP contribution in [0.3, 0.4) is 0 Å². The number of hydrogen-bond donors (Lipinski definition) is 1. The van der Waals surface area contributed by atoms with E-state index < -0.39 is 0 Å². The summed E-state index contributed by atoms with van der Waals surface area (Å²) in [5, 5.41) is 10.5. The molecule has 1 amide bonds. The molecule has 1 aliphatic heterocycles. The molecule has 0 bridgehead atoms. The van der Waals surface area contributed by atoms with E-state index in [0.29, 0.717) is 13.2 Å². The minimum atomic E-state index is -0.212. The lowest BCUT2D eigenvalue weighted by atomic mass is 10.1. The van der Waals surface area contributed by atoms with Crippen LogP contribution in [-0.4, -0.2) is 35.4 Å². The maximum atomic E-state index is 11.7. The number of nitrogens with zero attached hydrogens (tertiary/aromatic N) is 2. The summed E-state index contributed by atoms with van der Waals surface area (Å²) in [6.07, 6.45) is 1.68. The third-order valence-corrected chi connectivity index (χ3v) is 2.62. The third kappa shape index (κ3) is 2.90. The summed E-state index contributed by atoms with van der Waals surface area (Å²) >= 11 is 5.59. The van der Waals surface area contributed by atoms with Crippen molar-refractivity contribution in [2.75, 3.05) is 13.2 Å². The van der Waals surface area contributed by atoms with E-state index in [-0.39, 0.29) is 22.8 Å². The number of hydrogen-bond acceptors (Lipinski definition) is 4. The number of amides is 1. The zero-order chi connectivity index (χ0) is 11.4. The van der Waals surface area contributed by atoms with Crippen molar-refractivity contribution in [2.24, 2.45) is 0 Å². The van der Waals surface area contributed by atoms with Crippen molar-refractivity contribution >= 4 is 17.5 Å². The van der Waals surface area contributed by atoms with Gasteiger partial charge in [-0.2, -0.15) is 0 Å². The Kier molecular flexibility index (Phi) is 3.69. The molecule has 0 radical (unpaired) electrons. The van der Waals surface area contributed by atoms with Crippen LogP contribution in [0, 0.1) is 0 Å². The van der Waals surface area contributed by atoms with Crippen LogP contribution in [0.15, 0.2) is 12.1 Å². The first-order valence-electron chi connectivity index (χ1n) is 5.13. The van der Waals surface area contributed by atoms with Crippen molar-refractivity contribution in [2.45, 2.75) is 18.9 Å². The molecule has 1 saturated heterocycles. The second-order valence-electron chi connectivity index (χ2n) is 3.60. The summed E-state index contributed by atoms with van der Waals surface area (Å²) in [4.78, 5) is 11.7. The van der Waals surface area contributed by atoms with Gasteiger partial charge in [0.15, 0.2) is 10.8 Å². The number of aromatic nitrogens is 2. The van der Waals surface area contributed by atoms with Crippen molar-refractivity contribution < 1.29 is 9.53 Å². The van der Waals surface area contributed by atoms with E-state index in [1.807, 2.05) is 0 Å². The van der Waals surface area contributed by atoms with Crippen molar-refractivity contribution in [3.63, 3.8) is 0 Å². The number of carbonyl (C=O) groups is 1. The Labute approximate surface area is 98.2 Å². The highest BCUT2D eigenvalue weighted by Crippen LogP contribution is 2.07. The van der Waals surface area contributed by atoms with Crippen molar-refractivity contribution in [1.82, 2.24) is 15.5 Å². The average Bonchev–Trinajstić information content (AvgIpc) is 2.31. The third-order valence-electron chi connectivity index (χ3n) is 2.42. The summed E-state index contributed by atoms with van der Waals surface area (Å²) in [5.74, 6) is -0.212. The molecular formula is C10H12ClN3O2. The molecule has 1 aromatic heterocycles. The van der Waals surface area contributed by atoms with Crippen LogP contribution in [-0.2, 0) is 4.74 Å². The van der Waals surface area contributed by atoms with E-state index >= 15 is 0 Å². The number of halogens is 1. The summed E-state index contributed by atoms with van der Waals surface area (Å²) in [7, 11) is 0. The molecule has 0 aromatic carbocycles. The van der Waals surface area contributed by atoms with Gasteiger partial charge in [-0.25, -0.2) is 0 Å². The summed E-state index contributed by atoms with van der Waals surface area (Å²) in [6.45, 7) is 1.38. The van der Waals surface area contributed by atoms with Crippen molar-refractivity contribution in [1.29, 1.82) is 0 Å². The molecule has 1 fully saturated rings. The van der Waals surface area contributed by atoms with Gasteiger partial charge in [0.25, 0.3) is 5.91 Å². The molecule has 0 spiro atoms. The molecule has 2 rings (SSSR count). The van der Waals surface area contributed by atoms with Gasteiger partial charge in [0.05, 0.1) is 0 Å². The highest BCUT2D eigenvalue weighted by molar-refractivity contribution is 6.29. The molecule has 5 nitrogen and oxygen atoms in total. The molecule has 0 unspecified atom stereocenters. The second-order valence-corrected chi connectivity index (χ2v) is 3.99. The lowest BCUT2D eigenvalue weighted by molar-refractivity contribution is 0.0693. The Morgan fingerprint density at radius 3 is 2.75 bits per heavy atom. The molecule has 0 saturated carbocycles. The maximum absolute atomic E-state index is 11.7. The normalized spacial score (nSPS) is 17.1.